The van der Waals surface area contributed by atoms with E-state index in [9.17, 15) is 14.3 Å². The molecule has 2 aromatic carbocycles. The maximum absolute atomic E-state index is 12.9. The molecule has 0 aromatic heterocycles. The standard InChI is InChI=1S/C15H14ClFN2O2/c16-12-8-10(17)3-6-14(12)19-15(21)13(18)7-9-1-4-11(20)5-2-9/h1-6,8,13,20H,7,18H2,(H,19,21)/t13-/m1/s1. The molecule has 0 aliphatic rings. The lowest BCUT2D eigenvalue weighted by molar-refractivity contribution is -0.117. The van der Waals surface area contributed by atoms with Gasteiger partial charge in [0.1, 0.15) is 11.6 Å². The lowest BCUT2D eigenvalue weighted by Gasteiger charge is -2.13. The van der Waals surface area contributed by atoms with Crippen LogP contribution in [0.15, 0.2) is 42.5 Å². The van der Waals surface area contributed by atoms with Crippen molar-refractivity contribution in [2.45, 2.75) is 12.5 Å². The molecular weight excluding hydrogens is 295 g/mol. The number of halogens is 2. The Balaban J connectivity index is 2.00. The van der Waals surface area contributed by atoms with Crippen molar-refractivity contribution in [2.75, 3.05) is 5.32 Å². The summed E-state index contributed by atoms with van der Waals surface area (Å²) in [5.74, 6) is -0.752. The number of aromatic hydroxyl groups is 1. The number of nitrogens with one attached hydrogen (secondary N) is 1. The zero-order valence-electron chi connectivity index (χ0n) is 11.0. The second-order valence-electron chi connectivity index (χ2n) is 4.59. The fraction of sp³-hybridized carbons (Fsp3) is 0.133. The van der Waals surface area contributed by atoms with Crippen LogP contribution in [-0.2, 0) is 11.2 Å². The van der Waals surface area contributed by atoms with Gasteiger partial charge in [0.15, 0.2) is 0 Å². The van der Waals surface area contributed by atoms with Gasteiger partial charge in [-0.25, -0.2) is 4.39 Å². The first-order valence-corrected chi connectivity index (χ1v) is 6.63. The molecule has 0 saturated carbocycles. The number of phenols is 1. The first-order chi connectivity index (χ1) is 9.95. The number of hydrogen-bond donors (Lipinski definition) is 3. The average molecular weight is 309 g/mol. The fourth-order valence-electron chi connectivity index (χ4n) is 1.79. The van der Waals surface area contributed by atoms with Crippen LogP contribution >= 0.6 is 11.6 Å². The molecule has 4 N–H and O–H groups in total. The molecule has 0 fully saturated rings. The summed E-state index contributed by atoms with van der Waals surface area (Å²) in [6.45, 7) is 0. The fourth-order valence-corrected chi connectivity index (χ4v) is 2.01. The summed E-state index contributed by atoms with van der Waals surface area (Å²) < 4.78 is 12.9. The van der Waals surface area contributed by atoms with Crippen LogP contribution in [0.25, 0.3) is 0 Å². The Hall–Kier alpha value is -2.11. The minimum Gasteiger partial charge on any atom is -0.508 e. The first-order valence-electron chi connectivity index (χ1n) is 6.25. The summed E-state index contributed by atoms with van der Waals surface area (Å²) in [6.07, 6.45) is 0.310. The normalized spacial score (nSPS) is 12.0. The molecule has 21 heavy (non-hydrogen) atoms. The smallest absolute Gasteiger partial charge is 0.241 e. The highest BCUT2D eigenvalue weighted by molar-refractivity contribution is 6.33. The highest BCUT2D eigenvalue weighted by Crippen LogP contribution is 2.22. The highest BCUT2D eigenvalue weighted by atomic mass is 35.5. The van der Waals surface area contributed by atoms with Crippen molar-refractivity contribution < 1.29 is 14.3 Å². The van der Waals surface area contributed by atoms with E-state index in [0.717, 1.165) is 11.6 Å². The molecule has 0 spiro atoms. The van der Waals surface area contributed by atoms with Gasteiger partial charge in [-0.15, -0.1) is 0 Å². The average Bonchev–Trinajstić information content (AvgIpc) is 2.44. The topological polar surface area (TPSA) is 75.3 Å². The zero-order valence-corrected chi connectivity index (χ0v) is 11.8. The van der Waals surface area contributed by atoms with Gasteiger partial charge in [-0.05, 0) is 42.3 Å². The number of anilines is 1. The van der Waals surface area contributed by atoms with Gasteiger partial charge in [0.05, 0.1) is 16.8 Å². The van der Waals surface area contributed by atoms with Crippen LogP contribution in [0.4, 0.5) is 10.1 Å². The van der Waals surface area contributed by atoms with Gasteiger partial charge >= 0.3 is 0 Å². The number of phenolic OH excluding ortho intramolecular Hbond substituents is 1. The summed E-state index contributed by atoms with van der Waals surface area (Å²) in [5.41, 5.74) is 6.95. The molecule has 2 aromatic rings. The number of rotatable bonds is 4. The quantitative estimate of drug-likeness (QED) is 0.813. The van der Waals surface area contributed by atoms with Crippen molar-refractivity contribution in [3.63, 3.8) is 0 Å². The monoisotopic (exact) mass is 308 g/mol. The van der Waals surface area contributed by atoms with Crippen molar-refractivity contribution in [1.82, 2.24) is 0 Å². The van der Waals surface area contributed by atoms with Gasteiger partial charge < -0.3 is 16.2 Å². The number of carbonyl (C=O) groups is 1. The van der Waals surface area contributed by atoms with Gasteiger partial charge in [0.25, 0.3) is 0 Å². The van der Waals surface area contributed by atoms with E-state index in [4.69, 9.17) is 17.3 Å². The van der Waals surface area contributed by atoms with Crippen LogP contribution in [0, 0.1) is 5.82 Å². The number of nitrogens with two attached hydrogens (primary N) is 1. The third-order valence-corrected chi connectivity index (χ3v) is 3.23. The molecule has 0 radical (unpaired) electrons. The van der Waals surface area contributed by atoms with Gasteiger partial charge in [-0.2, -0.15) is 0 Å². The van der Waals surface area contributed by atoms with E-state index in [-0.39, 0.29) is 10.8 Å². The molecule has 0 heterocycles. The first kappa shape index (κ1) is 15.3. The van der Waals surface area contributed by atoms with Gasteiger partial charge in [-0.3, -0.25) is 4.79 Å². The van der Waals surface area contributed by atoms with E-state index < -0.39 is 17.8 Å². The summed E-state index contributed by atoms with van der Waals surface area (Å²) in [6, 6.07) is 9.34. The van der Waals surface area contributed by atoms with Gasteiger partial charge in [0.2, 0.25) is 5.91 Å². The number of hydrogen-bond acceptors (Lipinski definition) is 3. The van der Waals surface area contributed by atoms with E-state index >= 15 is 0 Å². The van der Waals surface area contributed by atoms with Crippen LogP contribution < -0.4 is 11.1 Å². The number of amides is 1. The third-order valence-electron chi connectivity index (χ3n) is 2.92. The molecule has 0 aliphatic heterocycles. The van der Waals surface area contributed by atoms with Crippen LogP contribution in [0.5, 0.6) is 5.75 Å². The zero-order chi connectivity index (χ0) is 15.4. The molecule has 4 nitrogen and oxygen atoms in total. The van der Waals surface area contributed by atoms with Crippen LogP contribution in [0.1, 0.15) is 5.56 Å². The van der Waals surface area contributed by atoms with Crippen molar-refractivity contribution in [3.8, 4) is 5.75 Å². The molecule has 0 aliphatic carbocycles. The van der Waals surface area contributed by atoms with Crippen LogP contribution in [-0.4, -0.2) is 17.1 Å². The molecule has 2 rings (SSSR count). The third kappa shape index (κ3) is 4.18. The second-order valence-corrected chi connectivity index (χ2v) is 5.00. The molecular formula is C15H14ClFN2O2. The molecule has 0 unspecified atom stereocenters. The van der Waals surface area contributed by atoms with Crippen molar-refractivity contribution in [2.24, 2.45) is 5.73 Å². The lowest BCUT2D eigenvalue weighted by atomic mass is 10.1. The minimum absolute atomic E-state index is 0.111. The van der Waals surface area contributed by atoms with E-state index in [2.05, 4.69) is 5.32 Å². The molecule has 1 amide bonds. The van der Waals surface area contributed by atoms with Crippen LogP contribution in [0.2, 0.25) is 5.02 Å². The highest BCUT2D eigenvalue weighted by Gasteiger charge is 2.15. The predicted octanol–water partition coefficient (Wildman–Crippen LogP) is 2.69. The Morgan fingerprint density at radius 3 is 2.57 bits per heavy atom. The van der Waals surface area contributed by atoms with Crippen molar-refractivity contribution in [3.05, 3.63) is 58.9 Å². The summed E-state index contributed by atoms with van der Waals surface area (Å²) in [5, 5.41) is 11.9. The Kier molecular flexibility index (Phi) is 4.77. The number of carbonyl (C=O) groups excluding carboxylic acids is 1. The molecule has 6 heteroatoms. The lowest BCUT2D eigenvalue weighted by Crippen LogP contribution is -2.37. The summed E-state index contributed by atoms with van der Waals surface area (Å²) in [4.78, 5) is 12.0. The van der Waals surface area contributed by atoms with Crippen molar-refractivity contribution in [1.29, 1.82) is 0 Å². The molecule has 0 saturated heterocycles. The summed E-state index contributed by atoms with van der Waals surface area (Å²) in [7, 11) is 0. The van der Waals surface area contributed by atoms with Crippen molar-refractivity contribution >= 4 is 23.2 Å². The van der Waals surface area contributed by atoms with E-state index in [1.807, 2.05) is 0 Å². The largest absolute Gasteiger partial charge is 0.508 e. The second kappa shape index (κ2) is 6.56. The molecule has 110 valence electrons. The Labute approximate surface area is 126 Å². The molecule has 1 atom stereocenters. The van der Waals surface area contributed by atoms with Gasteiger partial charge in [-0.1, -0.05) is 23.7 Å². The predicted molar refractivity (Wildman–Crippen MR) is 79.8 cm³/mol. The molecule has 0 bridgehead atoms. The minimum atomic E-state index is -0.782. The Morgan fingerprint density at radius 2 is 1.95 bits per heavy atom. The van der Waals surface area contributed by atoms with E-state index in [1.165, 1.54) is 24.3 Å². The Bertz CT molecular complexity index is 647. The van der Waals surface area contributed by atoms with E-state index in [0.29, 0.717) is 12.1 Å². The van der Waals surface area contributed by atoms with E-state index in [1.54, 1.807) is 12.1 Å². The number of benzene rings is 2. The maximum Gasteiger partial charge on any atom is 0.241 e. The summed E-state index contributed by atoms with van der Waals surface area (Å²) >= 11 is 5.83. The maximum atomic E-state index is 12.9. The SMILES string of the molecule is N[C@H](Cc1ccc(O)cc1)C(=O)Nc1ccc(F)cc1Cl. The van der Waals surface area contributed by atoms with Gasteiger partial charge in [0, 0.05) is 0 Å². The van der Waals surface area contributed by atoms with Crippen LogP contribution in [0.3, 0.4) is 0 Å². The Morgan fingerprint density at radius 1 is 1.29 bits per heavy atom.